The maximum Gasteiger partial charge on any atom is 0.253 e. The third-order valence-electron chi connectivity index (χ3n) is 5.91. The van der Waals surface area contributed by atoms with Crippen LogP contribution in [-0.4, -0.2) is 68.3 Å². The molecule has 1 aromatic carbocycles. The number of piperidine rings is 1. The number of hydrogen-bond acceptors (Lipinski definition) is 5. The SMILES string of the molecule is COCCCN1CC2(CCN(C(=O)c3ccc4c(c3)OCO4)CC2)CC1=O. The molecule has 0 unspecified atom stereocenters. The van der Waals surface area contributed by atoms with E-state index in [1.165, 1.54) is 0 Å². The molecule has 0 bridgehead atoms. The van der Waals surface area contributed by atoms with Gasteiger partial charge >= 0.3 is 0 Å². The second kappa shape index (κ2) is 7.38. The van der Waals surface area contributed by atoms with Crippen molar-refractivity contribution in [3.63, 3.8) is 0 Å². The molecule has 3 aliphatic rings. The number of hydrogen-bond donors (Lipinski definition) is 0. The van der Waals surface area contributed by atoms with E-state index in [9.17, 15) is 9.59 Å². The van der Waals surface area contributed by atoms with E-state index in [0.29, 0.717) is 43.2 Å². The zero-order valence-corrected chi connectivity index (χ0v) is 15.7. The Kier molecular flexibility index (Phi) is 4.95. The van der Waals surface area contributed by atoms with E-state index in [1.807, 2.05) is 9.80 Å². The van der Waals surface area contributed by atoms with Crippen molar-refractivity contribution in [2.75, 3.05) is 46.7 Å². The molecule has 0 saturated carbocycles. The van der Waals surface area contributed by atoms with Crippen LogP contribution in [0.15, 0.2) is 18.2 Å². The van der Waals surface area contributed by atoms with Gasteiger partial charge in [-0.3, -0.25) is 9.59 Å². The van der Waals surface area contributed by atoms with Gasteiger partial charge in [-0.05, 0) is 37.5 Å². The molecule has 3 aliphatic heterocycles. The van der Waals surface area contributed by atoms with Gasteiger partial charge in [-0.15, -0.1) is 0 Å². The standard InChI is InChI=1S/C20H26N2O5/c1-25-10-2-7-22-13-20(12-18(22)23)5-8-21(9-6-20)19(24)15-3-4-16-17(11-15)27-14-26-16/h3-4,11H,2,5-10,12-14H2,1H3. The Hall–Kier alpha value is -2.28. The van der Waals surface area contributed by atoms with Crippen LogP contribution in [0.4, 0.5) is 0 Å². The highest BCUT2D eigenvalue weighted by atomic mass is 16.7. The minimum atomic E-state index is 0.0180. The van der Waals surface area contributed by atoms with Crippen LogP contribution in [0.2, 0.25) is 0 Å². The van der Waals surface area contributed by atoms with E-state index in [1.54, 1.807) is 25.3 Å². The Morgan fingerprint density at radius 2 is 2.00 bits per heavy atom. The molecule has 3 heterocycles. The fraction of sp³-hybridized carbons (Fsp3) is 0.600. The monoisotopic (exact) mass is 374 g/mol. The summed E-state index contributed by atoms with van der Waals surface area (Å²) in [6.45, 7) is 3.82. The number of carbonyl (C=O) groups is 2. The molecule has 0 aliphatic carbocycles. The first-order chi connectivity index (χ1) is 13.1. The van der Waals surface area contributed by atoms with Gasteiger partial charge < -0.3 is 24.0 Å². The van der Waals surface area contributed by atoms with Crippen molar-refractivity contribution >= 4 is 11.8 Å². The Morgan fingerprint density at radius 3 is 2.78 bits per heavy atom. The van der Waals surface area contributed by atoms with Crippen LogP contribution in [-0.2, 0) is 9.53 Å². The van der Waals surface area contributed by atoms with Crippen LogP contribution in [0, 0.1) is 5.41 Å². The second-order valence-electron chi connectivity index (χ2n) is 7.70. The highest BCUT2D eigenvalue weighted by Gasteiger charge is 2.45. The summed E-state index contributed by atoms with van der Waals surface area (Å²) in [5.74, 6) is 1.57. The molecular formula is C20H26N2O5. The Labute approximate surface area is 159 Å². The number of likely N-dealkylation sites (tertiary alicyclic amines) is 2. The van der Waals surface area contributed by atoms with Crippen molar-refractivity contribution in [1.29, 1.82) is 0 Å². The molecule has 2 saturated heterocycles. The molecule has 1 spiro atoms. The molecule has 1 aromatic rings. The van der Waals surface area contributed by atoms with Gasteiger partial charge in [0.05, 0.1) is 0 Å². The Morgan fingerprint density at radius 1 is 1.22 bits per heavy atom. The van der Waals surface area contributed by atoms with E-state index in [-0.39, 0.29) is 24.0 Å². The summed E-state index contributed by atoms with van der Waals surface area (Å²) >= 11 is 0. The number of nitrogens with zero attached hydrogens (tertiary/aromatic N) is 2. The lowest BCUT2D eigenvalue weighted by molar-refractivity contribution is -0.128. The van der Waals surface area contributed by atoms with Gasteiger partial charge in [0.2, 0.25) is 12.7 Å². The highest BCUT2D eigenvalue weighted by Crippen LogP contribution is 2.41. The molecule has 0 radical (unpaired) electrons. The third-order valence-corrected chi connectivity index (χ3v) is 5.91. The maximum atomic E-state index is 12.8. The molecule has 0 aromatic heterocycles. The number of rotatable bonds is 5. The van der Waals surface area contributed by atoms with Gasteiger partial charge in [-0.1, -0.05) is 0 Å². The molecule has 7 heteroatoms. The molecule has 7 nitrogen and oxygen atoms in total. The summed E-state index contributed by atoms with van der Waals surface area (Å²) in [5.41, 5.74) is 0.648. The molecule has 2 fully saturated rings. The zero-order valence-electron chi connectivity index (χ0n) is 15.7. The summed E-state index contributed by atoms with van der Waals surface area (Å²) in [7, 11) is 1.68. The molecular weight excluding hydrogens is 348 g/mol. The van der Waals surface area contributed by atoms with Crippen molar-refractivity contribution in [3.05, 3.63) is 23.8 Å². The van der Waals surface area contributed by atoms with Crippen LogP contribution in [0.5, 0.6) is 11.5 Å². The average Bonchev–Trinajstić information content (AvgIpc) is 3.26. The third kappa shape index (κ3) is 3.60. The van der Waals surface area contributed by atoms with Gasteiger partial charge in [0.1, 0.15) is 0 Å². The number of ether oxygens (including phenoxy) is 3. The summed E-state index contributed by atoms with van der Waals surface area (Å²) in [6.07, 6.45) is 3.21. The first-order valence-corrected chi connectivity index (χ1v) is 9.56. The number of benzene rings is 1. The number of methoxy groups -OCH3 is 1. The zero-order chi connectivity index (χ0) is 18.9. The van der Waals surface area contributed by atoms with E-state index in [2.05, 4.69) is 0 Å². The van der Waals surface area contributed by atoms with Crippen LogP contribution >= 0.6 is 0 Å². The minimum absolute atomic E-state index is 0.0180. The molecule has 146 valence electrons. The lowest BCUT2D eigenvalue weighted by atomic mass is 9.77. The van der Waals surface area contributed by atoms with Gasteiger partial charge in [0.15, 0.2) is 11.5 Å². The van der Waals surface area contributed by atoms with E-state index in [0.717, 1.165) is 32.4 Å². The van der Waals surface area contributed by atoms with Crippen molar-refractivity contribution in [3.8, 4) is 11.5 Å². The lowest BCUT2D eigenvalue weighted by Gasteiger charge is -2.38. The smallest absolute Gasteiger partial charge is 0.253 e. The van der Waals surface area contributed by atoms with Crippen LogP contribution in [0.1, 0.15) is 36.0 Å². The average molecular weight is 374 g/mol. The first-order valence-electron chi connectivity index (χ1n) is 9.56. The normalized spacial score (nSPS) is 20.6. The first kappa shape index (κ1) is 18.1. The van der Waals surface area contributed by atoms with Crippen molar-refractivity contribution in [1.82, 2.24) is 9.80 Å². The number of fused-ring (bicyclic) bond motifs is 1. The fourth-order valence-electron chi connectivity index (χ4n) is 4.32. The van der Waals surface area contributed by atoms with Crippen molar-refractivity contribution in [2.45, 2.75) is 25.7 Å². The van der Waals surface area contributed by atoms with E-state index >= 15 is 0 Å². The van der Waals surface area contributed by atoms with Crippen molar-refractivity contribution < 1.29 is 23.8 Å². The lowest BCUT2D eigenvalue weighted by Crippen LogP contribution is -2.44. The van der Waals surface area contributed by atoms with Gasteiger partial charge in [-0.25, -0.2) is 0 Å². The molecule has 0 atom stereocenters. The fourth-order valence-corrected chi connectivity index (χ4v) is 4.32. The van der Waals surface area contributed by atoms with Gasteiger partial charge in [0.25, 0.3) is 5.91 Å². The maximum absolute atomic E-state index is 12.8. The molecule has 0 N–H and O–H groups in total. The van der Waals surface area contributed by atoms with Gasteiger partial charge in [0, 0.05) is 57.3 Å². The predicted molar refractivity (Wildman–Crippen MR) is 97.8 cm³/mol. The van der Waals surface area contributed by atoms with E-state index in [4.69, 9.17) is 14.2 Å². The van der Waals surface area contributed by atoms with Gasteiger partial charge in [-0.2, -0.15) is 0 Å². The quantitative estimate of drug-likeness (QED) is 0.737. The van der Waals surface area contributed by atoms with Crippen molar-refractivity contribution in [2.24, 2.45) is 5.41 Å². The Balaban J connectivity index is 1.35. The summed E-state index contributed by atoms with van der Waals surface area (Å²) in [5, 5.41) is 0. The van der Waals surface area contributed by atoms with Crippen LogP contribution < -0.4 is 9.47 Å². The number of amides is 2. The Bertz CT molecular complexity index is 727. The summed E-state index contributed by atoms with van der Waals surface area (Å²) in [6, 6.07) is 5.33. The summed E-state index contributed by atoms with van der Waals surface area (Å²) in [4.78, 5) is 29.1. The highest BCUT2D eigenvalue weighted by molar-refractivity contribution is 5.95. The second-order valence-corrected chi connectivity index (χ2v) is 7.70. The predicted octanol–water partition coefficient (Wildman–Crippen LogP) is 1.91. The van der Waals surface area contributed by atoms with Crippen LogP contribution in [0.25, 0.3) is 0 Å². The van der Waals surface area contributed by atoms with E-state index < -0.39 is 0 Å². The largest absolute Gasteiger partial charge is 0.454 e. The number of carbonyl (C=O) groups excluding carboxylic acids is 2. The molecule has 27 heavy (non-hydrogen) atoms. The molecule has 4 rings (SSSR count). The molecule has 2 amide bonds. The summed E-state index contributed by atoms with van der Waals surface area (Å²) < 4.78 is 15.8. The minimum Gasteiger partial charge on any atom is -0.454 e. The van der Waals surface area contributed by atoms with Crippen LogP contribution in [0.3, 0.4) is 0 Å². The topological polar surface area (TPSA) is 68.3 Å².